The number of nitrogens with one attached hydrogen (secondary N) is 1. The maximum atomic E-state index is 13.1. The summed E-state index contributed by atoms with van der Waals surface area (Å²) in [6, 6.07) is 0. The number of rotatable bonds is 3. The molecule has 0 spiro atoms. The van der Waals surface area contributed by atoms with Gasteiger partial charge in [-0.2, -0.15) is 13.2 Å². The molecule has 5 heteroatoms. The highest BCUT2D eigenvalue weighted by molar-refractivity contribution is 5.80. The summed E-state index contributed by atoms with van der Waals surface area (Å²) in [5.74, 6) is 0.367. The molecule has 0 saturated heterocycles. The molecule has 0 aromatic carbocycles. The molecule has 0 unspecified atom stereocenters. The van der Waals surface area contributed by atoms with E-state index >= 15 is 0 Å². The van der Waals surface area contributed by atoms with Gasteiger partial charge in [0.05, 0.1) is 11.0 Å². The smallest absolute Gasteiger partial charge is 0.350 e. The third-order valence-electron chi connectivity index (χ3n) is 7.07. The predicted molar refractivity (Wildman–Crippen MR) is 59.8 cm³/mol. The zero-order valence-corrected chi connectivity index (χ0v) is 10.8. The van der Waals surface area contributed by atoms with Gasteiger partial charge in [0, 0.05) is 6.42 Å². The molecule has 1 amide bonds. The fraction of sp³-hybridized carbons (Fsp3) is 0.929. The molecule has 104 valence electrons. The molecule has 0 atom stereocenters. The van der Waals surface area contributed by atoms with Crippen molar-refractivity contribution in [3.05, 3.63) is 0 Å². The van der Waals surface area contributed by atoms with Crippen LogP contribution in [0.5, 0.6) is 0 Å². The second-order valence-electron chi connectivity index (χ2n) is 7.66. The molecule has 6 aliphatic rings. The number of carbonyl (C=O) groups excluding carboxylic acids is 1. The zero-order chi connectivity index (χ0) is 13.5. The first kappa shape index (κ1) is 11.0. The molecule has 6 rings (SSSR count). The van der Waals surface area contributed by atoms with E-state index in [0.717, 1.165) is 0 Å². The Morgan fingerprint density at radius 1 is 1.11 bits per heavy atom. The van der Waals surface area contributed by atoms with Crippen LogP contribution in [0.3, 0.4) is 0 Å². The van der Waals surface area contributed by atoms with Gasteiger partial charge in [-0.25, -0.2) is 0 Å². The van der Waals surface area contributed by atoms with Crippen LogP contribution >= 0.6 is 0 Å². The van der Waals surface area contributed by atoms with Gasteiger partial charge in [-0.15, -0.1) is 0 Å². The highest BCUT2D eigenvalue weighted by atomic mass is 19.4. The lowest BCUT2D eigenvalue weighted by molar-refractivity contribution is -0.663. The Balaban J connectivity index is 1.36. The van der Waals surface area contributed by atoms with Gasteiger partial charge in [-0.05, 0) is 41.4 Å². The van der Waals surface area contributed by atoms with E-state index in [1.807, 2.05) is 13.8 Å². The normalized spacial score (nSPS) is 61.2. The van der Waals surface area contributed by atoms with Crippen LogP contribution in [0, 0.1) is 46.8 Å². The van der Waals surface area contributed by atoms with Gasteiger partial charge in [-0.1, -0.05) is 13.8 Å². The van der Waals surface area contributed by atoms with E-state index in [4.69, 9.17) is 0 Å². The maximum absolute atomic E-state index is 13.1. The summed E-state index contributed by atoms with van der Waals surface area (Å²) >= 11 is 0. The molecule has 2 nitrogen and oxygen atoms in total. The monoisotopic (exact) mass is 271 g/mol. The van der Waals surface area contributed by atoms with Crippen molar-refractivity contribution in [3.8, 4) is 0 Å². The topological polar surface area (TPSA) is 29.1 Å². The van der Waals surface area contributed by atoms with E-state index in [-0.39, 0.29) is 47.0 Å². The summed E-state index contributed by atoms with van der Waals surface area (Å²) < 4.78 is 39.4. The predicted octanol–water partition coefficient (Wildman–Crippen LogP) is 2.20. The van der Waals surface area contributed by atoms with Crippen LogP contribution in [0.4, 0.5) is 13.2 Å². The lowest BCUT2D eigenvalue weighted by Gasteiger charge is -3.10. The fourth-order valence-electron chi connectivity index (χ4n) is 7.01. The molecule has 0 heterocycles. The summed E-state index contributed by atoms with van der Waals surface area (Å²) in [6.07, 6.45) is -3.52. The minimum Gasteiger partial charge on any atom is -0.350 e. The van der Waals surface area contributed by atoms with Crippen molar-refractivity contribution < 1.29 is 18.0 Å². The first-order chi connectivity index (χ1) is 8.79. The van der Waals surface area contributed by atoms with Crippen molar-refractivity contribution in [1.82, 2.24) is 5.32 Å². The molecular weight excluding hydrogens is 255 g/mol. The van der Waals surface area contributed by atoms with Gasteiger partial charge < -0.3 is 5.32 Å². The molecular formula is C14H16F3NO. The van der Waals surface area contributed by atoms with Crippen LogP contribution in [0.1, 0.15) is 20.3 Å². The Hall–Kier alpha value is -0.740. The van der Waals surface area contributed by atoms with Crippen molar-refractivity contribution in [2.75, 3.05) is 0 Å². The minimum absolute atomic E-state index is 0.0340. The lowest BCUT2D eigenvalue weighted by atomic mass is 8.94. The van der Waals surface area contributed by atoms with Crippen molar-refractivity contribution >= 4 is 5.91 Å². The Morgan fingerprint density at radius 3 is 1.95 bits per heavy atom. The molecule has 0 aromatic heterocycles. The second-order valence-corrected chi connectivity index (χ2v) is 7.66. The van der Waals surface area contributed by atoms with Crippen molar-refractivity contribution in [2.45, 2.75) is 32.0 Å². The van der Waals surface area contributed by atoms with Gasteiger partial charge in [-0.3, -0.25) is 4.79 Å². The molecule has 6 aliphatic carbocycles. The zero-order valence-electron chi connectivity index (χ0n) is 10.8. The Labute approximate surface area is 109 Å². The number of hydrogen-bond acceptors (Lipinski definition) is 1. The van der Waals surface area contributed by atoms with E-state index in [2.05, 4.69) is 5.32 Å². The maximum Gasteiger partial charge on any atom is 0.395 e. The standard InChI is InChI=1S/C14H16F3NO/c1-4(2)3-5(19)18-13-9-6-10(13)8-11(13)7(9)12(6,8)14(15,16)17/h4,6-11H,3H2,1-2H3,(H,18,19). The van der Waals surface area contributed by atoms with Crippen LogP contribution < -0.4 is 5.32 Å². The summed E-state index contributed by atoms with van der Waals surface area (Å²) in [7, 11) is 0. The summed E-state index contributed by atoms with van der Waals surface area (Å²) in [4.78, 5) is 11.9. The van der Waals surface area contributed by atoms with E-state index < -0.39 is 11.6 Å². The largest absolute Gasteiger partial charge is 0.395 e. The van der Waals surface area contributed by atoms with Gasteiger partial charge in [0.25, 0.3) is 0 Å². The van der Waals surface area contributed by atoms with E-state index in [0.29, 0.717) is 12.3 Å². The fourth-order valence-corrected chi connectivity index (χ4v) is 7.01. The molecule has 0 radical (unpaired) electrons. The number of alkyl halides is 3. The van der Waals surface area contributed by atoms with Gasteiger partial charge >= 0.3 is 6.18 Å². The minimum atomic E-state index is -4.01. The van der Waals surface area contributed by atoms with Crippen LogP contribution in [0.25, 0.3) is 0 Å². The van der Waals surface area contributed by atoms with Crippen molar-refractivity contribution in [2.24, 2.45) is 46.8 Å². The van der Waals surface area contributed by atoms with E-state index in [1.165, 1.54) is 0 Å². The van der Waals surface area contributed by atoms with Crippen LogP contribution in [0.15, 0.2) is 0 Å². The second kappa shape index (κ2) is 2.44. The van der Waals surface area contributed by atoms with Gasteiger partial charge in [0.1, 0.15) is 0 Å². The molecule has 6 fully saturated rings. The number of amides is 1. The Bertz CT molecular complexity index is 470. The first-order valence-electron chi connectivity index (χ1n) is 7.17. The SMILES string of the molecule is CC(C)CC(=O)NC12C3C4C1C1C2C3C41C(F)(F)F. The number of halogens is 3. The Kier molecular flexibility index (Phi) is 1.41. The van der Waals surface area contributed by atoms with Crippen molar-refractivity contribution in [3.63, 3.8) is 0 Å². The molecule has 0 aliphatic heterocycles. The van der Waals surface area contributed by atoms with E-state index in [9.17, 15) is 18.0 Å². The van der Waals surface area contributed by atoms with Gasteiger partial charge in [0.15, 0.2) is 0 Å². The first-order valence-corrected chi connectivity index (χ1v) is 7.17. The Morgan fingerprint density at radius 2 is 1.58 bits per heavy atom. The third-order valence-corrected chi connectivity index (χ3v) is 7.07. The van der Waals surface area contributed by atoms with Crippen LogP contribution in [0.2, 0.25) is 0 Å². The number of hydrogen-bond donors (Lipinski definition) is 1. The third kappa shape index (κ3) is 0.673. The van der Waals surface area contributed by atoms with Crippen LogP contribution in [-0.4, -0.2) is 17.6 Å². The van der Waals surface area contributed by atoms with Crippen molar-refractivity contribution in [1.29, 1.82) is 0 Å². The van der Waals surface area contributed by atoms with Crippen LogP contribution in [-0.2, 0) is 4.79 Å². The molecule has 1 N–H and O–H groups in total. The molecule has 6 saturated carbocycles. The molecule has 0 bridgehead atoms. The average molecular weight is 271 g/mol. The number of carbonyl (C=O) groups is 1. The summed E-state index contributed by atoms with van der Waals surface area (Å²) in [6.45, 7) is 3.97. The lowest BCUT2D eigenvalue weighted by Crippen LogP contribution is -3.16. The average Bonchev–Trinajstić information content (AvgIpc) is 2.26. The molecule has 0 aromatic rings. The highest BCUT2D eigenvalue weighted by Gasteiger charge is 3.14. The quantitative estimate of drug-likeness (QED) is 0.837. The van der Waals surface area contributed by atoms with Gasteiger partial charge in [0.2, 0.25) is 5.91 Å². The molecule has 19 heavy (non-hydrogen) atoms. The van der Waals surface area contributed by atoms with E-state index in [1.54, 1.807) is 0 Å². The summed E-state index contributed by atoms with van der Waals surface area (Å²) in [5.41, 5.74) is -1.48. The summed E-state index contributed by atoms with van der Waals surface area (Å²) in [5, 5.41) is 3.10. The highest BCUT2D eigenvalue weighted by Crippen LogP contribution is 3.08.